The predicted molar refractivity (Wildman–Crippen MR) is 73.9 cm³/mol. The molecule has 2 rings (SSSR count). The summed E-state index contributed by atoms with van der Waals surface area (Å²) in [5.74, 6) is 0.644. The number of hydrogen-bond acceptors (Lipinski definition) is 3. The summed E-state index contributed by atoms with van der Waals surface area (Å²) in [6.07, 6.45) is 3.72. The third-order valence-corrected chi connectivity index (χ3v) is 4.12. The second-order valence-corrected chi connectivity index (χ2v) is 5.63. The average molecular weight is 260 g/mol. The van der Waals surface area contributed by atoms with E-state index in [2.05, 4.69) is 17.4 Å². The minimum absolute atomic E-state index is 0.644. The van der Waals surface area contributed by atoms with Crippen LogP contribution in [0.1, 0.15) is 42.9 Å². The Labute approximate surface area is 111 Å². The van der Waals surface area contributed by atoms with Crippen molar-refractivity contribution in [2.45, 2.75) is 32.6 Å². The maximum Gasteiger partial charge on any atom is 0.133 e. The summed E-state index contributed by atoms with van der Waals surface area (Å²) in [7, 11) is 0. The Morgan fingerprint density at radius 1 is 1.44 bits per heavy atom. The Hall–Kier alpha value is -1.31. The SMILES string of the molecule is CCCC[S@@+]([O-])/N=C1\CCc2cc(C#N)ccc21. The number of nitrogens with zero attached hydrogens (tertiary/aromatic N) is 2. The molecule has 0 unspecified atom stereocenters. The second-order valence-electron chi connectivity index (χ2n) is 4.40. The van der Waals surface area contributed by atoms with Crippen molar-refractivity contribution >= 4 is 17.1 Å². The normalized spacial score (nSPS) is 17.5. The largest absolute Gasteiger partial charge is 0.591 e. The molecular weight excluding hydrogens is 244 g/mol. The van der Waals surface area contributed by atoms with Crippen molar-refractivity contribution < 1.29 is 4.55 Å². The molecule has 0 bridgehead atoms. The summed E-state index contributed by atoms with van der Waals surface area (Å²) in [5.41, 5.74) is 3.84. The van der Waals surface area contributed by atoms with E-state index in [4.69, 9.17) is 5.26 Å². The van der Waals surface area contributed by atoms with Crippen LogP contribution in [-0.4, -0.2) is 16.0 Å². The molecule has 0 saturated carbocycles. The minimum atomic E-state index is -1.10. The molecular formula is C14H16N2OS. The second kappa shape index (κ2) is 6.03. The van der Waals surface area contributed by atoms with Gasteiger partial charge in [0, 0.05) is 5.56 Å². The van der Waals surface area contributed by atoms with Crippen molar-refractivity contribution in [3.63, 3.8) is 0 Å². The molecule has 1 aromatic rings. The van der Waals surface area contributed by atoms with E-state index in [-0.39, 0.29) is 0 Å². The van der Waals surface area contributed by atoms with E-state index < -0.39 is 11.4 Å². The Kier molecular flexibility index (Phi) is 4.40. The molecule has 0 saturated heterocycles. The van der Waals surface area contributed by atoms with Gasteiger partial charge >= 0.3 is 0 Å². The highest BCUT2D eigenvalue weighted by atomic mass is 32.2. The Morgan fingerprint density at radius 3 is 3.00 bits per heavy atom. The first kappa shape index (κ1) is 13.1. The van der Waals surface area contributed by atoms with Gasteiger partial charge in [-0.1, -0.05) is 23.8 Å². The fourth-order valence-corrected chi connectivity index (χ4v) is 3.13. The van der Waals surface area contributed by atoms with E-state index in [1.54, 1.807) is 6.07 Å². The van der Waals surface area contributed by atoms with E-state index in [1.165, 1.54) is 0 Å². The van der Waals surface area contributed by atoms with Crippen LogP contribution in [0.25, 0.3) is 0 Å². The Morgan fingerprint density at radius 2 is 2.28 bits per heavy atom. The van der Waals surface area contributed by atoms with Crippen LogP contribution in [-0.2, 0) is 17.8 Å². The molecule has 0 aromatic heterocycles. The van der Waals surface area contributed by atoms with Crippen molar-refractivity contribution in [2.24, 2.45) is 4.40 Å². The maximum atomic E-state index is 11.8. The number of rotatable bonds is 4. The van der Waals surface area contributed by atoms with Crippen LogP contribution in [0.3, 0.4) is 0 Å². The molecule has 0 heterocycles. The van der Waals surface area contributed by atoms with Gasteiger partial charge in [-0.15, -0.1) is 0 Å². The van der Waals surface area contributed by atoms with Crippen LogP contribution >= 0.6 is 0 Å². The predicted octanol–water partition coefficient (Wildman–Crippen LogP) is 2.76. The summed E-state index contributed by atoms with van der Waals surface area (Å²) < 4.78 is 16.1. The standard InChI is InChI=1S/C14H16N2OS/c1-2-3-8-18(17)16-14-7-5-12-9-11(10-15)4-6-13(12)14/h4,6,9H,2-3,5,7-8H2,1H3/b16-14+/t18-/m1/s1. The van der Waals surface area contributed by atoms with Gasteiger partial charge in [0.1, 0.15) is 5.75 Å². The van der Waals surface area contributed by atoms with Crippen LogP contribution in [0.5, 0.6) is 0 Å². The number of nitriles is 1. The molecule has 1 atom stereocenters. The first-order chi connectivity index (χ1) is 8.74. The van der Waals surface area contributed by atoms with Gasteiger partial charge in [-0.2, -0.15) is 5.26 Å². The van der Waals surface area contributed by atoms with Crippen LogP contribution < -0.4 is 0 Å². The van der Waals surface area contributed by atoms with Crippen LogP contribution in [0.15, 0.2) is 22.6 Å². The summed E-state index contributed by atoms with van der Waals surface area (Å²) in [6, 6.07) is 7.78. The molecule has 0 fully saturated rings. The summed E-state index contributed by atoms with van der Waals surface area (Å²) in [5, 5.41) is 8.85. The number of unbranched alkanes of at least 4 members (excludes halogenated alkanes) is 1. The van der Waals surface area contributed by atoms with Crippen LogP contribution in [0.4, 0.5) is 0 Å². The van der Waals surface area contributed by atoms with Gasteiger partial charge in [-0.25, -0.2) is 0 Å². The zero-order valence-corrected chi connectivity index (χ0v) is 11.3. The molecule has 1 aliphatic rings. The van der Waals surface area contributed by atoms with Gasteiger partial charge in [0.25, 0.3) is 0 Å². The number of fused-ring (bicyclic) bond motifs is 1. The third-order valence-electron chi connectivity index (χ3n) is 3.06. The van der Waals surface area contributed by atoms with Crippen molar-refractivity contribution in [3.05, 3.63) is 34.9 Å². The van der Waals surface area contributed by atoms with E-state index >= 15 is 0 Å². The fraction of sp³-hybridized carbons (Fsp3) is 0.429. The highest BCUT2D eigenvalue weighted by Crippen LogP contribution is 2.24. The number of aryl methyl sites for hydroxylation is 1. The lowest BCUT2D eigenvalue weighted by atomic mass is 10.1. The minimum Gasteiger partial charge on any atom is -0.591 e. The third kappa shape index (κ3) is 2.92. The maximum absolute atomic E-state index is 11.8. The van der Waals surface area contributed by atoms with E-state index in [0.29, 0.717) is 11.3 Å². The quantitative estimate of drug-likeness (QED) is 0.781. The molecule has 0 radical (unpaired) electrons. The molecule has 0 aliphatic heterocycles. The molecule has 94 valence electrons. The molecule has 1 aromatic carbocycles. The topological polar surface area (TPSA) is 59.2 Å². The molecule has 0 amide bonds. The first-order valence-corrected chi connectivity index (χ1v) is 7.51. The summed E-state index contributed by atoms with van der Waals surface area (Å²) >= 11 is -1.10. The van der Waals surface area contributed by atoms with Crippen molar-refractivity contribution in [2.75, 3.05) is 5.75 Å². The monoisotopic (exact) mass is 260 g/mol. The van der Waals surface area contributed by atoms with Gasteiger partial charge in [0.15, 0.2) is 0 Å². The number of hydrogen-bond donors (Lipinski definition) is 0. The van der Waals surface area contributed by atoms with Gasteiger partial charge in [0.2, 0.25) is 0 Å². The van der Waals surface area contributed by atoms with E-state index in [0.717, 1.165) is 42.5 Å². The zero-order valence-electron chi connectivity index (χ0n) is 10.5. The van der Waals surface area contributed by atoms with E-state index in [1.807, 2.05) is 12.1 Å². The first-order valence-electron chi connectivity index (χ1n) is 6.24. The van der Waals surface area contributed by atoms with E-state index in [9.17, 15) is 4.55 Å². The van der Waals surface area contributed by atoms with Gasteiger partial charge in [-0.3, -0.25) is 0 Å². The van der Waals surface area contributed by atoms with Crippen LogP contribution in [0.2, 0.25) is 0 Å². The molecule has 18 heavy (non-hydrogen) atoms. The highest BCUT2D eigenvalue weighted by Gasteiger charge is 2.20. The van der Waals surface area contributed by atoms with Crippen LogP contribution in [0, 0.1) is 11.3 Å². The number of benzene rings is 1. The van der Waals surface area contributed by atoms with Gasteiger partial charge in [-0.05, 0) is 37.0 Å². The van der Waals surface area contributed by atoms with Gasteiger partial charge < -0.3 is 4.55 Å². The molecule has 4 heteroatoms. The lowest BCUT2D eigenvalue weighted by molar-refractivity contribution is 0.593. The Balaban J connectivity index is 2.16. The lowest BCUT2D eigenvalue weighted by Gasteiger charge is -2.04. The molecule has 0 N–H and O–H groups in total. The van der Waals surface area contributed by atoms with Crippen molar-refractivity contribution in [1.82, 2.24) is 0 Å². The van der Waals surface area contributed by atoms with Gasteiger partial charge in [0.05, 0.1) is 28.7 Å². The fourth-order valence-electron chi connectivity index (χ4n) is 2.07. The smallest absolute Gasteiger partial charge is 0.133 e. The summed E-state index contributed by atoms with van der Waals surface area (Å²) in [6.45, 7) is 2.08. The lowest BCUT2D eigenvalue weighted by Crippen LogP contribution is -2.07. The summed E-state index contributed by atoms with van der Waals surface area (Å²) in [4.78, 5) is 0. The molecule has 3 nitrogen and oxygen atoms in total. The molecule has 0 spiro atoms. The molecule has 1 aliphatic carbocycles. The van der Waals surface area contributed by atoms with Crippen molar-refractivity contribution in [1.29, 1.82) is 5.26 Å². The highest BCUT2D eigenvalue weighted by molar-refractivity contribution is 7.90. The van der Waals surface area contributed by atoms with Crippen molar-refractivity contribution in [3.8, 4) is 6.07 Å². The zero-order chi connectivity index (χ0) is 13.0. The average Bonchev–Trinajstić information content (AvgIpc) is 2.78. The Bertz CT molecular complexity index is 505.